The van der Waals surface area contributed by atoms with E-state index in [0.717, 1.165) is 97.1 Å². The van der Waals surface area contributed by atoms with Crippen molar-refractivity contribution in [3.63, 3.8) is 0 Å². The number of aliphatic imine (C=N–C) groups is 8. The number of nitrogens with zero attached hydrogens (tertiary/aromatic N) is 8. The van der Waals surface area contributed by atoms with Crippen LogP contribution in [0.25, 0.3) is 0 Å². The van der Waals surface area contributed by atoms with Gasteiger partial charge in [0, 0.05) is 65.0 Å². The van der Waals surface area contributed by atoms with Gasteiger partial charge in [-0.25, -0.2) is 29.6 Å². The van der Waals surface area contributed by atoms with Crippen LogP contribution in [0.3, 0.4) is 0 Å². The summed E-state index contributed by atoms with van der Waals surface area (Å²) in [5, 5.41) is 43.7. The molecule has 17 heteroatoms. The molecule has 0 aliphatic carbocycles. The first kappa shape index (κ1) is 85.8. The summed E-state index contributed by atoms with van der Waals surface area (Å²) in [5.74, 6) is -4.37. The zero-order chi connectivity index (χ0) is 70.2. The molecule has 2 N–H and O–H groups in total. The van der Waals surface area contributed by atoms with Crippen LogP contribution in [0, 0.1) is 65.0 Å². The molecule has 4 aliphatic rings. The fraction of sp³-hybridized carbons (Fsp3) is 0.833. The van der Waals surface area contributed by atoms with Crippen LogP contribution in [0.2, 0.25) is 0 Å². The van der Waals surface area contributed by atoms with Gasteiger partial charge >= 0.3 is 60.8 Å². The standard InChI is InChI=1S/4C18H32N2O2.Ba/c4*1-10-16(6,7)12-13(17(8,9)11-2)20-18(19-12,14(21)22)15(3,4)5;/h4*10-11H2,1-9H3,(H,21,22);/q;;;;+2/p-2. The second-order valence-corrected chi connectivity index (χ2v) is 34.5. The Labute approximate surface area is 581 Å². The molecular weight excluding hydrogens is 1240 g/mol. The van der Waals surface area contributed by atoms with Crippen LogP contribution in [0.5, 0.6) is 0 Å². The first-order valence-electron chi connectivity index (χ1n) is 32.7. The van der Waals surface area contributed by atoms with Gasteiger partial charge in [-0.3, -0.25) is 20.0 Å². The minimum atomic E-state index is -1.53. The monoisotopic (exact) mass is 1370 g/mol. The van der Waals surface area contributed by atoms with Gasteiger partial charge in [0.15, 0.2) is 11.3 Å². The average Bonchev–Trinajstić information content (AvgIpc) is 2.15. The van der Waals surface area contributed by atoms with Gasteiger partial charge in [-0.2, -0.15) is 0 Å². The zero-order valence-corrected chi connectivity index (χ0v) is 67.7. The Balaban J connectivity index is 0.00000116. The van der Waals surface area contributed by atoms with Gasteiger partial charge in [-0.15, -0.1) is 0 Å². The van der Waals surface area contributed by atoms with Crippen molar-refractivity contribution in [3.8, 4) is 0 Å². The van der Waals surface area contributed by atoms with Crippen molar-refractivity contribution in [3.05, 3.63) is 0 Å². The smallest absolute Gasteiger partial charge is 0.545 e. The van der Waals surface area contributed by atoms with Crippen LogP contribution in [0.1, 0.15) is 301 Å². The topological polar surface area (TPSA) is 254 Å². The largest absolute Gasteiger partial charge is 2.00 e. The van der Waals surface area contributed by atoms with Crippen molar-refractivity contribution in [2.75, 3.05) is 0 Å². The summed E-state index contributed by atoms with van der Waals surface area (Å²) >= 11 is 0. The summed E-state index contributed by atoms with van der Waals surface area (Å²) in [7, 11) is 0. The number of carbonyl (C=O) groups excluding carboxylic acids is 2. The Morgan fingerprint density at radius 1 is 0.270 bits per heavy atom. The van der Waals surface area contributed by atoms with Crippen molar-refractivity contribution < 1.29 is 39.6 Å². The molecule has 0 saturated heterocycles. The molecule has 504 valence electrons. The Kier molecular flexibility index (Phi) is 27.4. The number of carbonyl (C=O) groups is 4. The van der Waals surface area contributed by atoms with E-state index in [-0.39, 0.29) is 92.2 Å². The van der Waals surface area contributed by atoms with Gasteiger partial charge in [-0.05, 0) is 51.4 Å². The normalized spacial score (nSPS) is 18.7. The van der Waals surface area contributed by atoms with Crippen molar-refractivity contribution >= 4 is 118 Å². The van der Waals surface area contributed by atoms with Crippen LogP contribution in [-0.4, -0.2) is 151 Å². The van der Waals surface area contributed by atoms with E-state index in [9.17, 15) is 39.6 Å². The van der Waals surface area contributed by atoms with E-state index < -0.39 is 68.2 Å². The first-order chi connectivity index (χ1) is 39.0. The molecule has 4 heterocycles. The molecule has 0 aromatic carbocycles. The molecule has 0 radical (unpaired) electrons. The van der Waals surface area contributed by atoms with Crippen molar-refractivity contribution in [1.82, 2.24) is 0 Å². The molecule has 0 spiro atoms. The molecule has 89 heavy (non-hydrogen) atoms. The van der Waals surface area contributed by atoms with Gasteiger partial charge in [0.05, 0.1) is 57.6 Å². The number of rotatable bonds is 20. The van der Waals surface area contributed by atoms with Gasteiger partial charge in [0.2, 0.25) is 0 Å². The van der Waals surface area contributed by atoms with E-state index in [0.29, 0.717) is 0 Å². The second-order valence-electron chi connectivity index (χ2n) is 34.5. The Hall–Kier alpha value is -3.19. The summed E-state index contributed by atoms with van der Waals surface area (Å²) in [5.41, 5.74) is -3.25. The maximum atomic E-state index is 12.1. The van der Waals surface area contributed by atoms with Gasteiger partial charge in [0.25, 0.3) is 11.3 Å². The molecule has 0 aromatic rings. The summed E-state index contributed by atoms with van der Waals surface area (Å²) in [6.07, 6.45) is 7.07. The van der Waals surface area contributed by atoms with E-state index in [1.54, 1.807) is 0 Å². The second kappa shape index (κ2) is 28.4. The molecular formula is C72H126BaN8O8. The molecule has 0 fully saturated rings. The molecule has 0 aromatic heterocycles. The van der Waals surface area contributed by atoms with Crippen LogP contribution in [-0.2, 0) is 19.2 Å². The van der Waals surface area contributed by atoms with Crippen LogP contribution in [0.4, 0.5) is 0 Å². The van der Waals surface area contributed by atoms with Crippen molar-refractivity contribution in [2.24, 2.45) is 105 Å². The summed E-state index contributed by atoms with van der Waals surface area (Å²) < 4.78 is 0. The van der Waals surface area contributed by atoms with Crippen molar-refractivity contribution in [1.29, 1.82) is 0 Å². The van der Waals surface area contributed by atoms with Crippen LogP contribution < -0.4 is 10.2 Å². The van der Waals surface area contributed by atoms with Crippen LogP contribution in [0.15, 0.2) is 39.9 Å². The predicted molar refractivity (Wildman–Crippen MR) is 372 cm³/mol. The Morgan fingerprint density at radius 3 is 0.438 bits per heavy atom. The van der Waals surface area contributed by atoms with E-state index in [2.05, 4.69) is 186 Å². The number of carboxylic acids is 4. The third-order valence-electron chi connectivity index (χ3n) is 20.6. The maximum Gasteiger partial charge on any atom is 2.00 e. The van der Waals surface area contributed by atoms with E-state index in [1.807, 2.05) is 83.1 Å². The maximum absolute atomic E-state index is 12.1. The molecule has 0 saturated carbocycles. The zero-order valence-electron chi connectivity index (χ0n) is 63.3. The fourth-order valence-corrected chi connectivity index (χ4v) is 9.90. The van der Waals surface area contributed by atoms with E-state index in [1.165, 1.54) is 0 Å². The predicted octanol–water partition coefficient (Wildman–Crippen LogP) is 15.3. The minimum Gasteiger partial charge on any atom is -0.545 e. The molecule has 4 aliphatic heterocycles. The summed E-state index contributed by atoms with van der Waals surface area (Å²) in [4.78, 5) is 85.8. The number of carboxylic acid groups (broad SMARTS) is 4. The van der Waals surface area contributed by atoms with E-state index in [4.69, 9.17) is 20.0 Å². The number of aliphatic carboxylic acids is 4. The minimum absolute atomic E-state index is 0. The first-order valence-corrected chi connectivity index (χ1v) is 32.7. The average molecular weight is 1370 g/mol. The molecule has 4 rings (SSSR count). The quantitative estimate of drug-likeness (QED) is 0.111. The van der Waals surface area contributed by atoms with Crippen molar-refractivity contribution in [2.45, 2.75) is 323 Å². The third-order valence-corrected chi connectivity index (χ3v) is 20.6. The van der Waals surface area contributed by atoms with Gasteiger partial charge in [0.1, 0.15) is 0 Å². The molecule has 0 bridgehead atoms. The van der Waals surface area contributed by atoms with E-state index >= 15 is 0 Å². The Morgan fingerprint density at radius 2 is 0.371 bits per heavy atom. The number of hydrogen-bond acceptors (Lipinski definition) is 14. The number of hydrogen-bond donors (Lipinski definition) is 2. The summed E-state index contributed by atoms with van der Waals surface area (Å²) in [6, 6.07) is 0. The third kappa shape index (κ3) is 17.0. The fourth-order valence-electron chi connectivity index (χ4n) is 9.90. The van der Waals surface area contributed by atoms with Gasteiger partial charge < -0.3 is 30.0 Å². The SMILES string of the molecule is CCC(C)(C)C1=NC(C(=O)O)(C(C)(C)C)N=C1C(C)(C)CC.CCC(C)(C)C1=NC(C(=O)O)(C(C)(C)C)N=C1C(C)(C)CC.CCC(C)(C)C1=NC(C(=O)[O-])(C(C)(C)C)N=C1C(C)(C)CC.CCC(C)(C)C1=NC(C(=O)[O-])(C(C)(C)C)N=C1C(C)(C)CC.[Ba+2]. The summed E-state index contributed by atoms with van der Waals surface area (Å²) in [6.45, 7) is 73.0. The molecule has 0 atom stereocenters. The molecule has 0 amide bonds. The Bertz CT molecular complexity index is 2340. The van der Waals surface area contributed by atoms with Gasteiger partial charge in [-0.1, -0.05) is 249 Å². The molecule has 16 nitrogen and oxygen atoms in total. The molecule has 0 unspecified atom stereocenters. The van der Waals surface area contributed by atoms with Crippen LogP contribution >= 0.6 is 0 Å².